The minimum atomic E-state index is -0.491. The molecule has 1 aromatic carbocycles. The predicted molar refractivity (Wildman–Crippen MR) is 77.1 cm³/mol. The first-order valence-corrected chi connectivity index (χ1v) is 6.56. The Hall–Kier alpha value is -1.10. The molecule has 0 bridgehead atoms. The Balaban J connectivity index is 2.71. The average Bonchev–Trinajstić information content (AvgIpc) is 2.35. The normalized spacial score (nSPS) is 13.1. The maximum absolute atomic E-state index is 12.0. The molecule has 1 aromatic rings. The molecule has 0 saturated carbocycles. The molecule has 0 saturated heterocycles. The summed E-state index contributed by atoms with van der Waals surface area (Å²) >= 11 is 5.97. The number of methoxy groups -OCH3 is 1. The van der Waals surface area contributed by atoms with Crippen LogP contribution < -0.4 is 11.1 Å². The minimum Gasteiger partial charge on any atom is -0.380 e. The Bertz CT molecular complexity index is 431. The van der Waals surface area contributed by atoms with Crippen molar-refractivity contribution >= 4 is 17.5 Å². The van der Waals surface area contributed by atoms with E-state index in [1.165, 1.54) is 0 Å². The zero-order chi connectivity index (χ0) is 14.5. The second-order valence-corrected chi connectivity index (χ2v) is 5.42. The van der Waals surface area contributed by atoms with Crippen LogP contribution in [-0.2, 0) is 15.1 Å². The molecule has 1 atom stereocenters. The van der Waals surface area contributed by atoms with E-state index < -0.39 is 5.54 Å². The van der Waals surface area contributed by atoms with Gasteiger partial charge in [-0.1, -0.05) is 23.7 Å². The molecule has 5 heteroatoms. The van der Waals surface area contributed by atoms with E-state index in [4.69, 9.17) is 22.1 Å². The Labute approximate surface area is 119 Å². The first-order valence-electron chi connectivity index (χ1n) is 6.19. The summed E-state index contributed by atoms with van der Waals surface area (Å²) in [5, 5.41) is 3.62. The van der Waals surface area contributed by atoms with Crippen LogP contribution in [-0.4, -0.2) is 25.7 Å². The van der Waals surface area contributed by atoms with Crippen molar-refractivity contribution in [2.45, 2.75) is 31.9 Å². The molecule has 1 amide bonds. The summed E-state index contributed by atoms with van der Waals surface area (Å²) in [5.41, 5.74) is 5.97. The second-order valence-electron chi connectivity index (χ2n) is 4.98. The number of carbonyl (C=O) groups excluding carboxylic acids is 1. The van der Waals surface area contributed by atoms with Crippen LogP contribution in [0.5, 0.6) is 0 Å². The fraction of sp³-hybridized carbons (Fsp3) is 0.500. The standard InChI is InChI=1S/C14H21ClN2O2/c1-14(2,10-5-4-6-11(15)7-10)17-13(18)8-12(9-16)19-3/h4-7,12H,8-9,16H2,1-3H3,(H,17,18). The van der Waals surface area contributed by atoms with E-state index in [2.05, 4.69) is 5.32 Å². The Morgan fingerprint density at radius 3 is 2.74 bits per heavy atom. The maximum Gasteiger partial charge on any atom is 0.223 e. The van der Waals surface area contributed by atoms with Crippen LogP contribution in [0.15, 0.2) is 24.3 Å². The Kier molecular flexibility index (Phi) is 5.79. The molecule has 19 heavy (non-hydrogen) atoms. The van der Waals surface area contributed by atoms with Gasteiger partial charge < -0.3 is 15.8 Å². The van der Waals surface area contributed by atoms with Gasteiger partial charge in [-0.05, 0) is 31.5 Å². The molecule has 1 rings (SSSR count). The third-order valence-electron chi connectivity index (χ3n) is 3.01. The minimum absolute atomic E-state index is 0.0951. The van der Waals surface area contributed by atoms with Crippen LogP contribution in [0, 0.1) is 0 Å². The molecule has 0 radical (unpaired) electrons. The van der Waals surface area contributed by atoms with Gasteiger partial charge in [-0.2, -0.15) is 0 Å². The van der Waals surface area contributed by atoms with E-state index in [-0.39, 0.29) is 18.4 Å². The third-order valence-corrected chi connectivity index (χ3v) is 3.24. The van der Waals surface area contributed by atoms with Gasteiger partial charge in [0, 0.05) is 18.7 Å². The summed E-state index contributed by atoms with van der Waals surface area (Å²) in [7, 11) is 1.55. The van der Waals surface area contributed by atoms with Gasteiger partial charge >= 0.3 is 0 Å². The van der Waals surface area contributed by atoms with Crippen LogP contribution in [0.25, 0.3) is 0 Å². The summed E-state index contributed by atoms with van der Waals surface area (Å²) in [6, 6.07) is 7.45. The topological polar surface area (TPSA) is 64.3 Å². The molecule has 0 aliphatic rings. The van der Waals surface area contributed by atoms with Gasteiger partial charge in [0.1, 0.15) is 0 Å². The summed E-state index contributed by atoms with van der Waals surface area (Å²) in [6.45, 7) is 4.18. The molecular weight excluding hydrogens is 264 g/mol. The van der Waals surface area contributed by atoms with E-state index in [1.807, 2.05) is 32.0 Å². The lowest BCUT2D eigenvalue weighted by Gasteiger charge is -2.28. The monoisotopic (exact) mass is 284 g/mol. The van der Waals surface area contributed by atoms with Gasteiger partial charge in [0.25, 0.3) is 0 Å². The zero-order valence-corrected chi connectivity index (χ0v) is 12.3. The van der Waals surface area contributed by atoms with Gasteiger partial charge in [0.15, 0.2) is 0 Å². The first-order chi connectivity index (χ1) is 8.89. The van der Waals surface area contributed by atoms with Crippen molar-refractivity contribution in [3.8, 4) is 0 Å². The van der Waals surface area contributed by atoms with Gasteiger partial charge in [-0.15, -0.1) is 0 Å². The predicted octanol–water partition coefficient (Wildman–Crippen LogP) is 2.06. The highest BCUT2D eigenvalue weighted by atomic mass is 35.5. The van der Waals surface area contributed by atoms with E-state index in [0.717, 1.165) is 5.56 Å². The Morgan fingerprint density at radius 2 is 2.21 bits per heavy atom. The number of halogens is 1. The van der Waals surface area contributed by atoms with Gasteiger partial charge in [-0.25, -0.2) is 0 Å². The molecule has 0 aliphatic heterocycles. The number of rotatable bonds is 6. The lowest BCUT2D eigenvalue weighted by Crippen LogP contribution is -2.43. The number of hydrogen-bond acceptors (Lipinski definition) is 3. The van der Waals surface area contributed by atoms with Crippen LogP contribution in [0.3, 0.4) is 0 Å². The number of benzene rings is 1. The van der Waals surface area contributed by atoms with Crippen molar-refractivity contribution in [3.63, 3.8) is 0 Å². The number of hydrogen-bond donors (Lipinski definition) is 2. The Morgan fingerprint density at radius 1 is 1.53 bits per heavy atom. The quantitative estimate of drug-likeness (QED) is 0.840. The van der Waals surface area contributed by atoms with E-state index >= 15 is 0 Å². The molecule has 0 heterocycles. The van der Waals surface area contributed by atoms with E-state index in [0.29, 0.717) is 11.6 Å². The zero-order valence-electron chi connectivity index (χ0n) is 11.6. The largest absolute Gasteiger partial charge is 0.380 e. The van der Waals surface area contributed by atoms with Gasteiger partial charge in [-0.3, -0.25) is 4.79 Å². The van der Waals surface area contributed by atoms with Crippen LogP contribution >= 0.6 is 11.6 Å². The van der Waals surface area contributed by atoms with Crippen molar-refractivity contribution in [2.24, 2.45) is 5.73 Å². The number of ether oxygens (including phenoxy) is 1. The lowest BCUT2D eigenvalue weighted by atomic mass is 9.94. The lowest BCUT2D eigenvalue weighted by molar-refractivity contribution is -0.125. The van der Waals surface area contributed by atoms with Crippen LogP contribution in [0.4, 0.5) is 0 Å². The summed E-state index contributed by atoms with van der Waals surface area (Å²) in [6.07, 6.45) is -0.00746. The molecule has 3 N–H and O–H groups in total. The highest BCUT2D eigenvalue weighted by Gasteiger charge is 2.24. The smallest absolute Gasteiger partial charge is 0.223 e. The van der Waals surface area contributed by atoms with Crippen LogP contribution in [0.2, 0.25) is 5.02 Å². The van der Waals surface area contributed by atoms with Crippen molar-refractivity contribution in [1.82, 2.24) is 5.32 Å². The maximum atomic E-state index is 12.0. The number of carbonyl (C=O) groups is 1. The summed E-state index contributed by atoms with van der Waals surface area (Å²) in [4.78, 5) is 12.0. The number of nitrogens with one attached hydrogen (secondary N) is 1. The number of nitrogens with two attached hydrogens (primary N) is 1. The highest BCUT2D eigenvalue weighted by molar-refractivity contribution is 6.30. The van der Waals surface area contributed by atoms with Gasteiger partial charge in [0.2, 0.25) is 5.91 Å². The SMILES string of the molecule is COC(CN)CC(=O)NC(C)(C)c1cccc(Cl)c1. The van der Waals surface area contributed by atoms with Crippen molar-refractivity contribution in [2.75, 3.05) is 13.7 Å². The summed E-state index contributed by atoms with van der Waals surface area (Å²) in [5.74, 6) is -0.0951. The van der Waals surface area contributed by atoms with Gasteiger partial charge in [0.05, 0.1) is 18.1 Å². The molecule has 4 nitrogen and oxygen atoms in total. The highest BCUT2D eigenvalue weighted by Crippen LogP contribution is 2.23. The molecule has 106 valence electrons. The molecule has 1 unspecified atom stereocenters. The third kappa shape index (κ3) is 4.82. The van der Waals surface area contributed by atoms with E-state index in [1.54, 1.807) is 13.2 Å². The van der Waals surface area contributed by atoms with E-state index in [9.17, 15) is 4.79 Å². The molecule has 0 aromatic heterocycles. The first kappa shape index (κ1) is 16.0. The fourth-order valence-corrected chi connectivity index (χ4v) is 2.01. The number of amides is 1. The van der Waals surface area contributed by atoms with Crippen molar-refractivity contribution < 1.29 is 9.53 Å². The molecule has 0 aliphatic carbocycles. The van der Waals surface area contributed by atoms with Crippen LogP contribution in [0.1, 0.15) is 25.8 Å². The fourth-order valence-electron chi connectivity index (χ4n) is 1.82. The van der Waals surface area contributed by atoms with Crippen molar-refractivity contribution in [1.29, 1.82) is 0 Å². The summed E-state index contributed by atoms with van der Waals surface area (Å²) < 4.78 is 5.10. The van der Waals surface area contributed by atoms with Crippen molar-refractivity contribution in [3.05, 3.63) is 34.9 Å². The molecule has 0 fully saturated rings. The average molecular weight is 285 g/mol. The molecule has 0 spiro atoms. The molecular formula is C14H21ClN2O2. The second kappa shape index (κ2) is 6.89.